The SMILES string of the molecule is C[C@H]1C[C@H]1C(=O)Nc1ccc(C(=O)N2CCNC(=O)CC2)cc1. The maximum Gasteiger partial charge on any atom is 0.253 e. The largest absolute Gasteiger partial charge is 0.354 e. The summed E-state index contributed by atoms with van der Waals surface area (Å²) in [5, 5.41) is 5.63. The second kappa shape index (κ2) is 6.40. The van der Waals surface area contributed by atoms with E-state index in [0.717, 1.165) is 6.42 Å². The first-order chi connectivity index (χ1) is 11.0. The number of nitrogens with zero attached hydrogens (tertiary/aromatic N) is 1. The van der Waals surface area contributed by atoms with Crippen LogP contribution in [-0.4, -0.2) is 42.3 Å². The summed E-state index contributed by atoms with van der Waals surface area (Å²) in [4.78, 5) is 37.4. The Morgan fingerprint density at radius 1 is 1.22 bits per heavy atom. The van der Waals surface area contributed by atoms with Crippen LogP contribution in [0.2, 0.25) is 0 Å². The third kappa shape index (κ3) is 3.70. The Morgan fingerprint density at radius 2 is 1.91 bits per heavy atom. The number of rotatable bonds is 3. The molecule has 6 nitrogen and oxygen atoms in total. The van der Waals surface area contributed by atoms with E-state index in [9.17, 15) is 14.4 Å². The normalized spacial score (nSPS) is 23.7. The maximum absolute atomic E-state index is 12.5. The van der Waals surface area contributed by atoms with E-state index in [2.05, 4.69) is 17.6 Å². The van der Waals surface area contributed by atoms with E-state index in [4.69, 9.17) is 0 Å². The van der Waals surface area contributed by atoms with Crippen LogP contribution in [0.4, 0.5) is 5.69 Å². The van der Waals surface area contributed by atoms with Crippen molar-refractivity contribution in [2.45, 2.75) is 19.8 Å². The van der Waals surface area contributed by atoms with Gasteiger partial charge in [0.25, 0.3) is 5.91 Å². The van der Waals surface area contributed by atoms with Gasteiger partial charge in [0.05, 0.1) is 0 Å². The highest BCUT2D eigenvalue weighted by molar-refractivity contribution is 5.97. The van der Waals surface area contributed by atoms with Crippen LogP contribution in [-0.2, 0) is 9.59 Å². The van der Waals surface area contributed by atoms with Gasteiger partial charge in [0.15, 0.2) is 0 Å². The van der Waals surface area contributed by atoms with Crippen LogP contribution >= 0.6 is 0 Å². The predicted molar refractivity (Wildman–Crippen MR) is 85.9 cm³/mol. The van der Waals surface area contributed by atoms with Crippen molar-refractivity contribution in [1.29, 1.82) is 0 Å². The summed E-state index contributed by atoms with van der Waals surface area (Å²) >= 11 is 0. The molecule has 6 heteroatoms. The van der Waals surface area contributed by atoms with Crippen molar-refractivity contribution >= 4 is 23.4 Å². The molecular weight excluding hydrogens is 294 g/mol. The Bertz CT molecular complexity index is 626. The average molecular weight is 315 g/mol. The maximum atomic E-state index is 12.5. The topological polar surface area (TPSA) is 78.5 Å². The Hall–Kier alpha value is -2.37. The molecule has 1 saturated carbocycles. The number of anilines is 1. The molecule has 1 aromatic carbocycles. The summed E-state index contributed by atoms with van der Waals surface area (Å²) in [7, 11) is 0. The summed E-state index contributed by atoms with van der Waals surface area (Å²) in [6, 6.07) is 6.93. The molecule has 2 atom stereocenters. The molecule has 1 saturated heterocycles. The molecule has 1 aliphatic heterocycles. The average Bonchev–Trinajstić information content (AvgIpc) is 3.30. The van der Waals surface area contributed by atoms with Crippen LogP contribution in [0.3, 0.4) is 0 Å². The van der Waals surface area contributed by atoms with E-state index >= 15 is 0 Å². The lowest BCUT2D eigenvalue weighted by molar-refractivity contribution is -0.120. The van der Waals surface area contributed by atoms with Gasteiger partial charge in [0.1, 0.15) is 0 Å². The van der Waals surface area contributed by atoms with Crippen molar-refractivity contribution in [1.82, 2.24) is 10.2 Å². The lowest BCUT2D eigenvalue weighted by Gasteiger charge is -2.19. The van der Waals surface area contributed by atoms with Crippen LogP contribution < -0.4 is 10.6 Å². The predicted octanol–water partition coefficient (Wildman–Crippen LogP) is 1.24. The van der Waals surface area contributed by atoms with Gasteiger partial charge in [-0.2, -0.15) is 0 Å². The second-order valence-electron chi connectivity index (χ2n) is 6.28. The lowest BCUT2D eigenvalue weighted by atomic mass is 10.1. The Kier molecular flexibility index (Phi) is 4.32. The van der Waals surface area contributed by atoms with Crippen molar-refractivity contribution in [2.24, 2.45) is 11.8 Å². The monoisotopic (exact) mass is 315 g/mol. The molecule has 0 aromatic heterocycles. The zero-order valence-corrected chi connectivity index (χ0v) is 13.2. The zero-order chi connectivity index (χ0) is 16.4. The molecule has 3 rings (SSSR count). The fourth-order valence-corrected chi connectivity index (χ4v) is 2.77. The lowest BCUT2D eigenvalue weighted by Crippen LogP contribution is -2.34. The van der Waals surface area contributed by atoms with Gasteiger partial charge in [0, 0.05) is 43.2 Å². The Morgan fingerprint density at radius 3 is 2.57 bits per heavy atom. The number of benzene rings is 1. The van der Waals surface area contributed by atoms with Gasteiger partial charge in [-0.3, -0.25) is 14.4 Å². The third-order valence-corrected chi connectivity index (χ3v) is 4.45. The number of hydrogen-bond acceptors (Lipinski definition) is 3. The summed E-state index contributed by atoms with van der Waals surface area (Å²) < 4.78 is 0. The van der Waals surface area contributed by atoms with E-state index in [1.807, 2.05) is 0 Å². The second-order valence-corrected chi connectivity index (χ2v) is 6.28. The standard InChI is InChI=1S/C17H21N3O3/c1-11-10-14(11)16(22)19-13-4-2-12(3-5-13)17(23)20-8-6-15(21)18-7-9-20/h2-5,11,14H,6-10H2,1H3,(H,18,21)(H,19,22)/t11-,14+/m0/s1. The first-order valence-corrected chi connectivity index (χ1v) is 8.01. The molecule has 23 heavy (non-hydrogen) atoms. The minimum Gasteiger partial charge on any atom is -0.354 e. The Balaban J connectivity index is 1.61. The molecule has 2 N–H and O–H groups in total. The molecule has 0 unspecified atom stereocenters. The van der Waals surface area contributed by atoms with Crippen molar-refractivity contribution in [2.75, 3.05) is 25.0 Å². The first kappa shape index (κ1) is 15.5. The van der Waals surface area contributed by atoms with Crippen LogP contribution in [0.15, 0.2) is 24.3 Å². The molecule has 2 fully saturated rings. The van der Waals surface area contributed by atoms with Crippen molar-refractivity contribution in [3.63, 3.8) is 0 Å². The molecule has 1 heterocycles. The summed E-state index contributed by atoms with van der Waals surface area (Å²) in [6.07, 6.45) is 1.28. The summed E-state index contributed by atoms with van der Waals surface area (Å²) in [6.45, 7) is 3.50. The van der Waals surface area contributed by atoms with Gasteiger partial charge in [0.2, 0.25) is 11.8 Å². The fraction of sp³-hybridized carbons (Fsp3) is 0.471. The Labute approximate surface area is 135 Å². The van der Waals surface area contributed by atoms with Crippen LogP contribution in [0.5, 0.6) is 0 Å². The molecule has 0 radical (unpaired) electrons. The van der Waals surface area contributed by atoms with E-state index < -0.39 is 0 Å². The molecule has 0 spiro atoms. The molecular formula is C17H21N3O3. The number of amides is 3. The molecule has 1 aromatic rings. The third-order valence-electron chi connectivity index (χ3n) is 4.45. The quantitative estimate of drug-likeness (QED) is 0.881. The molecule has 3 amide bonds. The molecule has 0 bridgehead atoms. The van der Waals surface area contributed by atoms with Gasteiger partial charge in [-0.15, -0.1) is 0 Å². The minimum atomic E-state index is -0.0878. The number of carbonyl (C=O) groups is 3. The number of carbonyl (C=O) groups excluding carboxylic acids is 3. The van der Waals surface area contributed by atoms with Crippen molar-refractivity contribution in [3.05, 3.63) is 29.8 Å². The van der Waals surface area contributed by atoms with Gasteiger partial charge < -0.3 is 15.5 Å². The van der Waals surface area contributed by atoms with Crippen molar-refractivity contribution in [3.8, 4) is 0 Å². The van der Waals surface area contributed by atoms with E-state index in [1.54, 1.807) is 29.2 Å². The van der Waals surface area contributed by atoms with Crippen molar-refractivity contribution < 1.29 is 14.4 Å². The van der Waals surface area contributed by atoms with Gasteiger partial charge in [-0.1, -0.05) is 6.92 Å². The first-order valence-electron chi connectivity index (χ1n) is 8.01. The van der Waals surface area contributed by atoms with E-state index in [-0.39, 0.29) is 23.6 Å². The molecule has 1 aliphatic carbocycles. The number of nitrogens with one attached hydrogen (secondary N) is 2. The summed E-state index contributed by atoms with van der Waals surface area (Å²) in [5.41, 5.74) is 1.27. The van der Waals surface area contributed by atoms with Crippen LogP contribution in [0.1, 0.15) is 30.1 Å². The van der Waals surface area contributed by atoms with Gasteiger partial charge >= 0.3 is 0 Å². The zero-order valence-electron chi connectivity index (χ0n) is 13.2. The molecule has 122 valence electrons. The number of hydrogen-bond donors (Lipinski definition) is 2. The van der Waals surface area contributed by atoms with E-state index in [1.165, 1.54) is 0 Å². The van der Waals surface area contributed by atoms with Gasteiger partial charge in [-0.25, -0.2) is 0 Å². The highest BCUT2D eigenvalue weighted by Gasteiger charge is 2.39. The highest BCUT2D eigenvalue weighted by Crippen LogP contribution is 2.38. The smallest absolute Gasteiger partial charge is 0.253 e. The highest BCUT2D eigenvalue weighted by atomic mass is 16.2. The summed E-state index contributed by atoms with van der Waals surface area (Å²) in [5.74, 6) is 0.533. The van der Waals surface area contributed by atoms with Gasteiger partial charge in [-0.05, 0) is 36.6 Å². The fourth-order valence-electron chi connectivity index (χ4n) is 2.77. The minimum absolute atomic E-state index is 0.0207. The van der Waals surface area contributed by atoms with Crippen LogP contribution in [0, 0.1) is 11.8 Å². The van der Waals surface area contributed by atoms with E-state index in [0.29, 0.717) is 43.2 Å². The molecule has 2 aliphatic rings. The van der Waals surface area contributed by atoms with Crippen LogP contribution in [0.25, 0.3) is 0 Å².